The molecule has 1 unspecified atom stereocenters. The van der Waals surface area contributed by atoms with Crippen LogP contribution in [-0.4, -0.2) is 27.3 Å². The highest BCUT2D eigenvalue weighted by Gasteiger charge is 2.26. The molecule has 0 spiro atoms. The van der Waals surface area contributed by atoms with E-state index in [0.29, 0.717) is 11.9 Å². The molecule has 7 heteroatoms. The number of carbonyl (C=O) groups is 1. The number of nitrogen functional groups attached to an aromatic ring is 1. The third-order valence-corrected chi connectivity index (χ3v) is 4.13. The zero-order valence-electron chi connectivity index (χ0n) is 11.7. The molecule has 1 aliphatic rings. The van der Waals surface area contributed by atoms with Gasteiger partial charge in [-0.2, -0.15) is 4.37 Å². The van der Waals surface area contributed by atoms with E-state index in [1.807, 2.05) is 19.1 Å². The van der Waals surface area contributed by atoms with Crippen molar-refractivity contribution in [2.75, 3.05) is 11.1 Å². The molecule has 6 nitrogen and oxygen atoms in total. The van der Waals surface area contributed by atoms with Gasteiger partial charge in [-0.3, -0.25) is 9.78 Å². The van der Waals surface area contributed by atoms with E-state index in [1.54, 1.807) is 12.4 Å². The molecule has 0 aliphatic heterocycles. The first-order valence-corrected chi connectivity index (χ1v) is 7.65. The smallest absolute Gasteiger partial charge is 0.242 e. The molecule has 1 aliphatic carbocycles. The van der Waals surface area contributed by atoms with Crippen LogP contribution in [0.25, 0.3) is 11.1 Å². The first-order valence-electron chi connectivity index (χ1n) is 6.87. The predicted molar refractivity (Wildman–Crippen MR) is 84.0 cm³/mol. The summed E-state index contributed by atoms with van der Waals surface area (Å²) in [4.78, 5) is 16.1. The molecule has 0 aromatic carbocycles. The second-order valence-corrected chi connectivity index (χ2v) is 5.94. The summed E-state index contributed by atoms with van der Waals surface area (Å²) >= 11 is 1.26. The van der Waals surface area contributed by atoms with Crippen LogP contribution in [-0.2, 0) is 4.79 Å². The van der Waals surface area contributed by atoms with Gasteiger partial charge in [-0.15, -0.1) is 0 Å². The normalized spacial score (nSPS) is 15.5. The van der Waals surface area contributed by atoms with Gasteiger partial charge in [0.25, 0.3) is 0 Å². The number of hydrogen-bond acceptors (Lipinski definition) is 6. The number of nitrogens with two attached hydrogens (primary N) is 1. The van der Waals surface area contributed by atoms with Gasteiger partial charge in [-0.1, -0.05) is 6.07 Å². The number of nitrogens with zero attached hydrogens (tertiary/aromatic N) is 2. The monoisotopic (exact) mass is 303 g/mol. The van der Waals surface area contributed by atoms with Crippen molar-refractivity contribution >= 4 is 28.3 Å². The number of carbonyl (C=O) groups excluding carboxylic acids is 1. The van der Waals surface area contributed by atoms with Crippen molar-refractivity contribution in [1.82, 2.24) is 14.7 Å². The minimum absolute atomic E-state index is 0.00149. The Labute approximate surface area is 126 Å². The van der Waals surface area contributed by atoms with Crippen molar-refractivity contribution in [3.63, 3.8) is 0 Å². The molecular formula is C14H17N5OS. The van der Waals surface area contributed by atoms with Gasteiger partial charge in [0.05, 0.1) is 5.56 Å². The fraction of sp³-hybridized carbons (Fsp3) is 0.357. The van der Waals surface area contributed by atoms with Gasteiger partial charge in [-0.25, -0.2) is 0 Å². The number of rotatable bonds is 5. The van der Waals surface area contributed by atoms with E-state index in [2.05, 4.69) is 20.0 Å². The Bertz CT molecular complexity index is 638. The molecule has 1 saturated carbocycles. The second kappa shape index (κ2) is 5.69. The van der Waals surface area contributed by atoms with Gasteiger partial charge in [-0.05, 0) is 37.4 Å². The molecule has 1 amide bonds. The van der Waals surface area contributed by atoms with E-state index in [-0.39, 0.29) is 11.9 Å². The first kappa shape index (κ1) is 13.8. The first-order chi connectivity index (χ1) is 10.1. The zero-order valence-corrected chi connectivity index (χ0v) is 12.5. The fourth-order valence-electron chi connectivity index (χ4n) is 2.01. The number of amides is 1. The summed E-state index contributed by atoms with van der Waals surface area (Å²) in [5.74, 6) is 0.451. The third kappa shape index (κ3) is 3.13. The fourth-order valence-corrected chi connectivity index (χ4v) is 2.83. The Morgan fingerprint density at radius 2 is 2.33 bits per heavy atom. The summed E-state index contributed by atoms with van der Waals surface area (Å²) in [5.41, 5.74) is 7.64. The Kier molecular flexibility index (Phi) is 3.74. The minimum atomic E-state index is -0.333. The van der Waals surface area contributed by atoms with Crippen LogP contribution in [0.4, 0.5) is 10.8 Å². The number of pyridine rings is 1. The molecular weight excluding hydrogens is 286 g/mol. The van der Waals surface area contributed by atoms with Crippen molar-refractivity contribution < 1.29 is 4.79 Å². The Hall–Kier alpha value is -2.15. The highest BCUT2D eigenvalue weighted by atomic mass is 32.1. The van der Waals surface area contributed by atoms with Crippen LogP contribution < -0.4 is 16.4 Å². The second-order valence-electron chi connectivity index (χ2n) is 5.16. The molecule has 110 valence electrons. The highest BCUT2D eigenvalue weighted by molar-refractivity contribution is 7.11. The van der Waals surface area contributed by atoms with Crippen molar-refractivity contribution in [2.24, 2.45) is 0 Å². The maximum atomic E-state index is 12.0. The molecule has 1 fully saturated rings. The SMILES string of the molecule is CC(Nc1snc(N)c1-c1cccnc1)C(=O)NC1CC1. The minimum Gasteiger partial charge on any atom is -0.382 e. The van der Waals surface area contributed by atoms with E-state index >= 15 is 0 Å². The van der Waals surface area contributed by atoms with E-state index in [0.717, 1.165) is 29.0 Å². The summed E-state index contributed by atoms with van der Waals surface area (Å²) in [6, 6.07) is 3.79. The molecule has 2 heterocycles. The average Bonchev–Trinajstić information content (AvgIpc) is 3.22. The number of anilines is 2. The van der Waals surface area contributed by atoms with Crippen LogP contribution in [0, 0.1) is 0 Å². The quantitative estimate of drug-likeness (QED) is 0.784. The number of nitrogens with one attached hydrogen (secondary N) is 2. The summed E-state index contributed by atoms with van der Waals surface area (Å²) < 4.78 is 4.18. The largest absolute Gasteiger partial charge is 0.382 e. The lowest BCUT2D eigenvalue weighted by molar-refractivity contribution is -0.121. The molecule has 3 rings (SSSR count). The van der Waals surface area contributed by atoms with Crippen LogP contribution in [0.2, 0.25) is 0 Å². The van der Waals surface area contributed by atoms with Gasteiger partial charge >= 0.3 is 0 Å². The third-order valence-electron chi connectivity index (χ3n) is 3.33. The van der Waals surface area contributed by atoms with Crippen LogP contribution in [0.5, 0.6) is 0 Å². The van der Waals surface area contributed by atoms with Crippen molar-refractivity contribution in [3.05, 3.63) is 24.5 Å². The predicted octanol–water partition coefficient (Wildman–Crippen LogP) is 1.87. The Balaban J connectivity index is 1.78. The van der Waals surface area contributed by atoms with Crippen molar-refractivity contribution in [2.45, 2.75) is 31.8 Å². The van der Waals surface area contributed by atoms with Gasteiger partial charge in [0.15, 0.2) is 0 Å². The lowest BCUT2D eigenvalue weighted by Crippen LogP contribution is -2.38. The van der Waals surface area contributed by atoms with Crippen LogP contribution in [0.1, 0.15) is 19.8 Å². The Morgan fingerprint density at radius 3 is 3.00 bits per heavy atom. The van der Waals surface area contributed by atoms with E-state index in [4.69, 9.17) is 5.73 Å². The number of hydrogen-bond donors (Lipinski definition) is 3. The summed E-state index contributed by atoms with van der Waals surface area (Å²) in [5, 5.41) is 6.97. The van der Waals surface area contributed by atoms with E-state index in [9.17, 15) is 4.79 Å². The molecule has 0 bridgehead atoms. The molecule has 0 saturated heterocycles. The molecule has 2 aromatic rings. The van der Waals surface area contributed by atoms with Gasteiger partial charge in [0.1, 0.15) is 16.9 Å². The summed E-state index contributed by atoms with van der Waals surface area (Å²) in [6.07, 6.45) is 5.60. The molecule has 1 atom stereocenters. The standard InChI is InChI=1S/C14H17N5OS/c1-8(13(20)18-10-4-5-10)17-14-11(12(15)19-21-14)9-3-2-6-16-7-9/h2-3,6-8,10,17H,4-5H2,1H3,(H2,15,19)(H,18,20). The van der Waals surface area contributed by atoms with Crippen LogP contribution in [0.15, 0.2) is 24.5 Å². The zero-order chi connectivity index (χ0) is 14.8. The van der Waals surface area contributed by atoms with Gasteiger partial charge in [0.2, 0.25) is 5.91 Å². The van der Waals surface area contributed by atoms with E-state index in [1.165, 1.54) is 11.5 Å². The lowest BCUT2D eigenvalue weighted by Gasteiger charge is -2.14. The summed E-state index contributed by atoms with van der Waals surface area (Å²) in [6.45, 7) is 1.83. The molecule has 4 N–H and O–H groups in total. The summed E-state index contributed by atoms with van der Waals surface area (Å²) in [7, 11) is 0. The molecule has 21 heavy (non-hydrogen) atoms. The van der Waals surface area contributed by atoms with Gasteiger partial charge in [0, 0.05) is 24.0 Å². The topological polar surface area (TPSA) is 92.9 Å². The van der Waals surface area contributed by atoms with E-state index < -0.39 is 0 Å². The maximum absolute atomic E-state index is 12.0. The lowest BCUT2D eigenvalue weighted by atomic mass is 10.1. The van der Waals surface area contributed by atoms with Gasteiger partial charge < -0.3 is 16.4 Å². The van der Waals surface area contributed by atoms with Crippen LogP contribution >= 0.6 is 11.5 Å². The maximum Gasteiger partial charge on any atom is 0.242 e. The molecule has 2 aromatic heterocycles. The Morgan fingerprint density at radius 1 is 1.52 bits per heavy atom. The highest BCUT2D eigenvalue weighted by Crippen LogP contribution is 2.36. The van der Waals surface area contributed by atoms with Crippen molar-refractivity contribution in [1.29, 1.82) is 0 Å². The van der Waals surface area contributed by atoms with Crippen LogP contribution in [0.3, 0.4) is 0 Å². The average molecular weight is 303 g/mol. The van der Waals surface area contributed by atoms with Crippen molar-refractivity contribution in [3.8, 4) is 11.1 Å². The number of aromatic nitrogens is 2. The molecule has 0 radical (unpaired) electrons.